The van der Waals surface area contributed by atoms with E-state index < -0.39 is 0 Å². The van der Waals surface area contributed by atoms with Gasteiger partial charge in [-0.15, -0.1) is 0 Å². The molecule has 0 aromatic carbocycles. The third kappa shape index (κ3) is 5.69. The number of rotatable bonds is 9. The number of allylic oxidation sites excluding steroid dienone is 2. The largest absolute Gasteiger partial charge is 0.328 e. The third-order valence-corrected chi connectivity index (χ3v) is 4.55. The van der Waals surface area contributed by atoms with Crippen LogP contribution >= 0.6 is 0 Å². The molecule has 0 aromatic heterocycles. The van der Waals surface area contributed by atoms with Gasteiger partial charge in [-0.25, -0.2) is 0 Å². The van der Waals surface area contributed by atoms with Crippen molar-refractivity contribution < 1.29 is 0 Å². The Hall–Kier alpha value is -0.300. The molecule has 1 nitrogen and oxygen atoms in total. The molecule has 4 unspecified atom stereocenters. The second kappa shape index (κ2) is 8.79. The minimum atomic E-state index is 0.294. The van der Waals surface area contributed by atoms with Crippen molar-refractivity contribution in [2.24, 2.45) is 28.9 Å². The molecule has 0 saturated heterocycles. The average molecular weight is 268 g/mol. The van der Waals surface area contributed by atoms with E-state index >= 15 is 0 Å². The van der Waals surface area contributed by atoms with Crippen molar-refractivity contribution in [3.05, 3.63) is 12.2 Å². The molecule has 19 heavy (non-hydrogen) atoms. The average Bonchev–Trinajstić information content (AvgIpc) is 2.26. The molecule has 0 bridgehead atoms. The van der Waals surface area contributed by atoms with E-state index in [1.165, 1.54) is 19.3 Å². The number of hydrogen-bond donors (Lipinski definition) is 1. The Labute approximate surface area is 122 Å². The van der Waals surface area contributed by atoms with E-state index in [4.69, 9.17) is 5.73 Å². The van der Waals surface area contributed by atoms with E-state index in [-0.39, 0.29) is 0 Å². The normalized spacial score (nSPS) is 20.5. The van der Waals surface area contributed by atoms with E-state index in [1.54, 1.807) is 0 Å². The Morgan fingerprint density at radius 1 is 1.00 bits per heavy atom. The molecule has 4 atom stereocenters. The topological polar surface area (TPSA) is 26.0 Å². The molecule has 0 amide bonds. The molecule has 0 radical (unpaired) electrons. The monoisotopic (exact) mass is 267 g/mol. The van der Waals surface area contributed by atoms with Crippen molar-refractivity contribution in [2.45, 2.75) is 80.2 Å². The highest BCUT2D eigenvalue weighted by molar-refractivity contribution is 5.04. The second-order valence-electron chi connectivity index (χ2n) is 7.01. The van der Waals surface area contributed by atoms with Crippen LogP contribution in [-0.4, -0.2) is 6.04 Å². The summed E-state index contributed by atoms with van der Waals surface area (Å²) in [7, 11) is 0. The smallest absolute Gasteiger partial charge is 0.00133 e. The molecule has 0 aliphatic carbocycles. The van der Waals surface area contributed by atoms with Crippen molar-refractivity contribution in [1.82, 2.24) is 0 Å². The van der Waals surface area contributed by atoms with E-state index in [9.17, 15) is 0 Å². The SMILES string of the molecule is CC=CC(CCC)(C(C)CC(C)C)C(C)CC(C)N. The predicted octanol–water partition coefficient (Wildman–Crippen LogP) is 5.40. The van der Waals surface area contributed by atoms with E-state index in [2.05, 4.69) is 60.6 Å². The summed E-state index contributed by atoms with van der Waals surface area (Å²) in [6, 6.07) is 0.294. The van der Waals surface area contributed by atoms with Gasteiger partial charge in [-0.1, -0.05) is 53.2 Å². The van der Waals surface area contributed by atoms with Gasteiger partial charge in [0.25, 0.3) is 0 Å². The molecule has 0 aliphatic rings. The fraction of sp³-hybridized carbons (Fsp3) is 0.889. The first-order valence-corrected chi connectivity index (χ1v) is 8.19. The van der Waals surface area contributed by atoms with Gasteiger partial charge in [-0.3, -0.25) is 0 Å². The van der Waals surface area contributed by atoms with Crippen LogP contribution in [0.2, 0.25) is 0 Å². The molecule has 0 fully saturated rings. The number of nitrogens with two attached hydrogens (primary N) is 1. The first kappa shape index (κ1) is 18.7. The summed E-state index contributed by atoms with van der Waals surface area (Å²) in [6.07, 6.45) is 9.68. The van der Waals surface area contributed by atoms with Crippen molar-refractivity contribution in [2.75, 3.05) is 0 Å². The maximum absolute atomic E-state index is 6.06. The summed E-state index contributed by atoms with van der Waals surface area (Å²) in [5, 5.41) is 0. The summed E-state index contributed by atoms with van der Waals surface area (Å²) in [4.78, 5) is 0. The first-order valence-electron chi connectivity index (χ1n) is 8.19. The van der Waals surface area contributed by atoms with Crippen LogP contribution in [0.5, 0.6) is 0 Å². The van der Waals surface area contributed by atoms with Crippen molar-refractivity contribution in [1.29, 1.82) is 0 Å². The quantitative estimate of drug-likeness (QED) is 0.556. The van der Waals surface area contributed by atoms with Crippen LogP contribution in [0.15, 0.2) is 12.2 Å². The highest BCUT2D eigenvalue weighted by Crippen LogP contribution is 2.46. The highest BCUT2D eigenvalue weighted by Gasteiger charge is 2.38. The van der Waals surface area contributed by atoms with E-state index in [0.717, 1.165) is 18.3 Å². The van der Waals surface area contributed by atoms with E-state index in [1.807, 2.05) is 0 Å². The van der Waals surface area contributed by atoms with Crippen molar-refractivity contribution in [3.8, 4) is 0 Å². The van der Waals surface area contributed by atoms with Crippen LogP contribution in [0.25, 0.3) is 0 Å². The lowest BCUT2D eigenvalue weighted by Gasteiger charge is -2.43. The van der Waals surface area contributed by atoms with Crippen LogP contribution < -0.4 is 5.73 Å². The summed E-state index contributed by atoms with van der Waals surface area (Å²) in [5.41, 5.74) is 6.38. The fourth-order valence-electron chi connectivity index (χ4n) is 3.84. The molecule has 0 aliphatic heterocycles. The second-order valence-corrected chi connectivity index (χ2v) is 7.01. The Morgan fingerprint density at radius 2 is 1.53 bits per heavy atom. The lowest BCUT2D eigenvalue weighted by molar-refractivity contribution is 0.109. The number of hydrogen-bond acceptors (Lipinski definition) is 1. The maximum Gasteiger partial charge on any atom is 0.00133 e. The van der Waals surface area contributed by atoms with Gasteiger partial charge in [0.2, 0.25) is 0 Å². The summed E-state index contributed by atoms with van der Waals surface area (Å²) >= 11 is 0. The summed E-state index contributed by atoms with van der Waals surface area (Å²) < 4.78 is 0. The van der Waals surface area contributed by atoms with Gasteiger partial charge in [0, 0.05) is 6.04 Å². The van der Waals surface area contributed by atoms with Gasteiger partial charge in [0.15, 0.2) is 0 Å². The minimum absolute atomic E-state index is 0.294. The van der Waals surface area contributed by atoms with Gasteiger partial charge < -0.3 is 5.73 Å². The molecular weight excluding hydrogens is 230 g/mol. The summed E-state index contributed by atoms with van der Waals surface area (Å²) in [5.74, 6) is 2.13. The zero-order valence-electron chi connectivity index (χ0n) is 14.4. The van der Waals surface area contributed by atoms with Gasteiger partial charge >= 0.3 is 0 Å². The zero-order chi connectivity index (χ0) is 15.1. The third-order valence-electron chi connectivity index (χ3n) is 4.55. The molecule has 114 valence electrons. The Kier molecular flexibility index (Phi) is 8.65. The standard InChI is InChI=1S/C18H37N/c1-8-10-18(11-9-2,15(5)12-14(3)4)16(6)13-17(7)19/h8,10,14-17H,9,11-13,19H2,1-7H3. The Bertz CT molecular complexity index is 236. The van der Waals surface area contributed by atoms with Gasteiger partial charge in [-0.05, 0) is 56.3 Å². The molecule has 0 aromatic rings. The molecule has 0 saturated carbocycles. The van der Waals surface area contributed by atoms with Crippen molar-refractivity contribution in [3.63, 3.8) is 0 Å². The lowest BCUT2D eigenvalue weighted by Crippen LogP contribution is -2.37. The van der Waals surface area contributed by atoms with Gasteiger partial charge in [0.05, 0.1) is 0 Å². The van der Waals surface area contributed by atoms with Crippen LogP contribution in [0.1, 0.15) is 74.1 Å². The Morgan fingerprint density at radius 3 is 1.89 bits per heavy atom. The molecule has 1 heteroatoms. The predicted molar refractivity (Wildman–Crippen MR) is 88.2 cm³/mol. The van der Waals surface area contributed by atoms with Gasteiger partial charge in [-0.2, -0.15) is 0 Å². The van der Waals surface area contributed by atoms with Gasteiger partial charge in [0.1, 0.15) is 0 Å². The molecule has 2 N–H and O–H groups in total. The van der Waals surface area contributed by atoms with Crippen LogP contribution in [0.4, 0.5) is 0 Å². The molecular formula is C18H37N. The maximum atomic E-state index is 6.06. The van der Waals surface area contributed by atoms with Crippen molar-refractivity contribution >= 4 is 0 Å². The highest BCUT2D eigenvalue weighted by atomic mass is 14.6. The minimum Gasteiger partial charge on any atom is -0.328 e. The van der Waals surface area contributed by atoms with E-state index in [0.29, 0.717) is 17.4 Å². The van der Waals surface area contributed by atoms with Crippen LogP contribution in [-0.2, 0) is 0 Å². The fourth-order valence-corrected chi connectivity index (χ4v) is 3.84. The zero-order valence-corrected chi connectivity index (χ0v) is 14.4. The molecule has 0 heterocycles. The Balaban J connectivity index is 5.26. The van der Waals surface area contributed by atoms with Crippen LogP contribution in [0, 0.1) is 23.2 Å². The first-order chi connectivity index (χ1) is 8.80. The van der Waals surface area contributed by atoms with Crippen LogP contribution in [0.3, 0.4) is 0 Å². The molecule has 0 rings (SSSR count). The summed E-state index contributed by atoms with van der Waals surface area (Å²) in [6.45, 7) is 16.1. The lowest BCUT2D eigenvalue weighted by atomic mass is 9.61. The molecule has 0 spiro atoms.